The molecule has 1 saturated carbocycles. The Morgan fingerprint density at radius 3 is 2.32 bits per heavy atom. The van der Waals surface area contributed by atoms with Gasteiger partial charge in [-0.1, -0.05) is 59.8 Å². The second-order valence-electron chi connectivity index (χ2n) is 7.22. The Bertz CT molecular complexity index is 238. The van der Waals surface area contributed by atoms with Crippen molar-refractivity contribution < 1.29 is 0 Å². The van der Waals surface area contributed by atoms with Crippen LogP contribution in [0.15, 0.2) is 0 Å². The summed E-state index contributed by atoms with van der Waals surface area (Å²) < 4.78 is 0. The summed E-state index contributed by atoms with van der Waals surface area (Å²) in [7, 11) is 2.09. The van der Waals surface area contributed by atoms with Crippen molar-refractivity contribution in [1.29, 1.82) is 0 Å². The molecule has 0 bridgehead atoms. The van der Waals surface area contributed by atoms with E-state index < -0.39 is 0 Å². The molecule has 0 aromatic heterocycles. The Kier molecular flexibility index (Phi) is 7.42. The molecule has 19 heavy (non-hydrogen) atoms. The van der Waals surface area contributed by atoms with Crippen LogP contribution in [0.2, 0.25) is 0 Å². The van der Waals surface area contributed by atoms with Crippen LogP contribution in [0, 0.1) is 29.6 Å². The molecule has 114 valence electrons. The van der Waals surface area contributed by atoms with E-state index in [1.54, 1.807) is 0 Å². The van der Waals surface area contributed by atoms with Crippen molar-refractivity contribution in [1.82, 2.24) is 5.32 Å². The maximum Gasteiger partial charge on any atom is 0.00640 e. The Labute approximate surface area is 121 Å². The molecule has 0 aliphatic heterocycles. The molecule has 0 amide bonds. The first kappa shape index (κ1) is 17.0. The van der Waals surface area contributed by atoms with E-state index in [0.717, 1.165) is 29.6 Å². The van der Waals surface area contributed by atoms with Gasteiger partial charge in [-0.2, -0.15) is 0 Å². The van der Waals surface area contributed by atoms with Gasteiger partial charge in [-0.3, -0.25) is 0 Å². The highest BCUT2D eigenvalue weighted by Gasteiger charge is 2.33. The Morgan fingerprint density at radius 1 is 1.16 bits per heavy atom. The molecule has 0 heterocycles. The molecule has 1 N–H and O–H groups in total. The zero-order valence-electron chi connectivity index (χ0n) is 14.2. The van der Waals surface area contributed by atoms with Crippen LogP contribution in [0.4, 0.5) is 0 Å². The van der Waals surface area contributed by atoms with E-state index in [0.29, 0.717) is 6.04 Å². The predicted octanol–water partition coefficient (Wildman–Crippen LogP) is 5.11. The van der Waals surface area contributed by atoms with E-state index in [-0.39, 0.29) is 0 Å². The van der Waals surface area contributed by atoms with Crippen LogP contribution < -0.4 is 5.32 Å². The lowest BCUT2D eigenvalue weighted by atomic mass is 9.65. The first-order chi connectivity index (χ1) is 9.01. The van der Waals surface area contributed by atoms with Gasteiger partial charge in [0.1, 0.15) is 0 Å². The topological polar surface area (TPSA) is 12.0 Å². The highest BCUT2D eigenvalue weighted by molar-refractivity contribution is 4.83. The van der Waals surface area contributed by atoms with E-state index in [2.05, 4.69) is 47.0 Å². The van der Waals surface area contributed by atoms with E-state index in [9.17, 15) is 0 Å². The number of nitrogens with one attached hydrogen (secondary N) is 1. The van der Waals surface area contributed by atoms with Crippen LogP contribution in [-0.4, -0.2) is 13.1 Å². The molecule has 1 aliphatic rings. The summed E-state index contributed by atoms with van der Waals surface area (Å²) in [5.74, 6) is 4.73. The summed E-state index contributed by atoms with van der Waals surface area (Å²) in [6.07, 6.45) is 8.64. The van der Waals surface area contributed by atoms with Gasteiger partial charge in [-0.05, 0) is 50.0 Å². The molecular weight excluding hydrogens is 230 g/mol. The Morgan fingerprint density at radius 2 is 1.84 bits per heavy atom. The van der Waals surface area contributed by atoms with Crippen molar-refractivity contribution in [3.8, 4) is 0 Å². The number of hydrogen-bond acceptors (Lipinski definition) is 1. The van der Waals surface area contributed by atoms with Gasteiger partial charge in [0.2, 0.25) is 0 Å². The summed E-state index contributed by atoms with van der Waals surface area (Å²) in [6.45, 7) is 12.0. The SMILES string of the molecule is CCC(CCCCC1CC(C)C1C)C(C)C(C)NC. The van der Waals surface area contributed by atoms with E-state index in [4.69, 9.17) is 0 Å². The van der Waals surface area contributed by atoms with Crippen LogP contribution in [0.5, 0.6) is 0 Å². The Hall–Kier alpha value is -0.0400. The van der Waals surface area contributed by atoms with Crippen molar-refractivity contribution in [2.45, 2.75) is 79.2 Å². The smallest absolute Gasteiger partial charge is 0.00640 e. The summed E-state index contributed by atoms with van der Waals surface area (Å²) in [6, 6.07) is 0.650. The zero-order chi connectivity index (χ0) is 14.4. The molecule has 6 unspecified atom stereocenters. The van der Waals surface area contributed by atoms with Crippen LogP contribution >= 0.6 is 0 Å². The molecule has 1 aliphatic carbocycles. The molecule has 0 aromatic carbocycles. The van der Waals surface area contributed by atoms with E-state index in [1.807, 2.05) is 0 Å². The fourth-order valence-electron chi connectivity index (χ4n) is 3.88. The average molecular weight is 268 g/mol. The van der Waals surface area contributed by atoms with E-state index in [1.165, 1.54) is 38.5 Å². The third-order valence-electron chi connectivity index (χ3n) is 6.23. The fourth-order valence-corrected chi connectivity index (χ4v) is 3.88. The maximum absolute atomic E-state index is 3.42. The van der Waals surface area contributed by atoms with Gasteiger partial charge in [0.15, 0.2) is 0 Å². The van der Waals surface area contributed by atoms with Crippen molar-refractivity contribution in [2.75, 3.05) is 7.05 Å². The minimum Gasteiger partial charge on any atom is -0.317 e. The monoisotopic (exact) mass is 267 g/mol. The maximum atomic E-state index is 3.42. The molecule has 0 spiro atoms. The van der Waals surface area contributed by atoms with Crippen molar-refractivity contribution >= 4 is 0 Å². The summed E-state index contributed by atoms with van der Waals surface area (Å²) in [5.41, 5.74) is 0. The van der Waals surface area contributed by atoms with Crippen LogP contribution in [0.1, 0.15) is 73.1 Å². The lowest BCUT2D eigenvalue weighted by Crippen LogP contribution is -2.33. The highest BCUT2D eigenvalue weighted by atomic mass is 14.9. The molecule has 1 fully saturated rings. The molecule has 1 nitrogen and oxygen atoms in total. The predicted molar refractivity (Wildman–Crippen MR) is 86.4 cm³/mol. The first-order valence-electron chi connectivity index (χ1n) is 8.68. The van der Waals surface area contributed by atoms with Gasteiger partial charge in [0.25, 0.3) is 0 Å². The second-order valence-corrected chi connectivity index (χ2v) is 7.22. The number of hydrogen-bond donors (Lipinski definition) is 1. The normalized spacial score (nSPS) is 31.6. The van der Waals surface area contributed by atoms with Gasteiger partial charge in [0, 0.05) is 6.04 Å². The molecule has 6 atom stereocenters. The van der Waals surface area contributed by atoms with E-state index >= 15 is 0 Å². The van der Waals surface area contributed by atoms with Crippen LogP contribution in [0.3, 0.4) is 0 Å². The molecule has 1 heteroatoms. The average Bonchev–Trinajstić information content (AvgIpc) is 2.44. The molecular formula is C18H37N. The van der Waals surface area contributed by atoms with Gasteiger partial charge in [-0.25, -0.2) is 0 Å². The van der Waals surface area contributed by atoms with Gasteiger partial charge >= 0.3 is 0 Å². The molecule has 0 radical (unpaired) electrons. The minimum absolute atomic E-state index is 0.650. The molecule has 0 aromatic rings. The summed E-state index contributed by atoms with van der Waals surface area (Å²) >= 11 is 0. The fraction of sp³-hybridized carbons (Fsp3) is 1.00. The van der Waals surface area contributed by atoms with Crippen molar-refractivity contribution in [3.05, 3.63) is 0 Å². The zero-order valence-corrected chi connectivity index (χ0v) is 14.2. The lowest BCUT2D eigenvalue weighted by molar-refractivity contribution is 0.0916. The third kappa shape index (κ3) is 4.77. The van der Waals surface area contributed by atoms with Gasteiger partial charge in [0.05, 0.1) is 0 Å². The molecule has 1 rings (SSSR count). The van der Waals surface area contributed by atoms with Crippen molar-refractivity contribution in [3.63, 3.8) is 0 Å². The summed E-state index contributed by atoms with van der Waals surface area (Å²) in [5, 5.41) is 3.42. The largest absolute Gasteiger partial charge is 0.317 e. The molecule has 0 saturated heterocycles. The third-order valence-corrected chi connectivity index (χ3v) is 6.23. The number of unbranched alkanes of at least 4 members (excludes halogenated alkanes) is 1. The quantitative estimate of drug-likeness (QED) is 0.572. The van der Waals surface area contributed by atoms with Gasteiger partial charge in [-0.15, -0.1) is 0 Å². The number of rotatable bonds is 9. The first-order valence-corrected chi connectivity index (χ1v) is 8.68. The van der Waals surface area contributed by atoms with Crippen LogP contribution in [0.25, 0.3) is 0 Å². The Balaban J connectivity index is 2.16. The lowest BCUT2D eigenvalue weighted by Gasteiger charge is -2.41. The van der Waals surface area contributed by atoms with Gasteiger partial charge < -0.3 is 5.32 Å². The second kappa shape index (κ2) is 8.29. The standard InChI is InChI=1S/C18H37N/c1-7-17(15(4)16(5)19-6)10-8-9-11-18-12-13(2)14(18)3/h13-19H,7-12H2,1-6H3. The van der Waals surface area contributed by atoms with Crippen LogP contribution in [-0.2, 0) is 0 Å². The highest BCUT2D eigenvalue weighted by Crippen LogP contribution is 2.42. The van der Waals surface area contributed by atoms with Crippen molar-refractivity contribution in [2.24, 2.45) is 29.6 Å². The summed E-state index contributed by atoms with van der Waals surface area (Å²) in [4.78, 5) is 0. The minimum atomic E-state index is 0.650.